The van der Waals surface area contributed by atoms with Crippen LogP contribution in [0, 0.1) is 0 Å². The van der Waals surface area contributed by atoms with Gasteiger partial charge < -0.3 is 0 Å². The molecule has 0 radical (unpaired) electrons. The van der Waals surface area contributed by atoms with Crippen LogP contribution in [0.3, 0.4) is 0 Å². The van der Waals surface area contributed by atoms with Crippen LogP contribution in [0.2, 0.25) is 0 Å². The Labute approximate surface area is 166 Å². The number of rotatable bonds is 6. The molecule has 0 N–H and O–H groups in total. The first kappa shape index (κ1) is 22.8. The topological polar surface area (TPSA) is 6.48 Å². The highest BCUT2D eigenvalue weighted by Crippen LogP contribution is 2.43. The molecule has 0 aromatic carbocycles. The van der Waals surface area contributed by atoms with E-state index in [1.165, 1.54) is 68.1 Å². The molecule has 0 aliphatic heterocycles. The molecule has 2 nitrogen and oxygen atoms in total. The summed E-state index contributed by atoms with van der Waals surface area (Å²) in [5.41, 5.74) is 0.519. The van der Waals surface area contributed by atoms with E-state index in [2.05, 4.69) is 32.6 Å². The Morgan fingerprint density at radius 2 is 1.17 bits per heavy atom. The maximum absolute atomic E-state index is 6.07. The van der Waals surface area contributed by atoms with Crippen molar-refractivity contribution in [1.29, 1.82) is 0 Å². The van der Waals surface area contributed by atoms with Crippen LogP contribution in [0.4, 0.5) is 0 Å². The fourth-order valence-corrected chi connectivity index (χ4v) is 5.00. The predicted octanol–water partition coefficient (Wildman–Crippen LogP) is 6.93. The maximum Gasteiger partial charge on any atom is 0.0482 e. The van der Waals surface area contributed by atoms with Crippen LogP contribution in [0.25, 0.3) is 0 Å². The third kappa shape index (κ3) is 5.39. The Hall–Kier alpha value is 0.790. The van der Waals surface area contributed by atoms with Gasteiger partial charge in [0, 0.05) is 23.2 Å². The highest BCUT2D eigenvalue weighted by atomic mass is 35.5. The molecule has 0 heterocycles. The normalized spacial score (nSPS) is 24.0. The molecule has 2 fully saturated rings. The van der Waals surface area contributed by atoms with Crippen molar-refractivity contribution in [2.24, 2.45) is 0 Å². The van der Waals surface area contributed by atoms with Crippen molar-refractivity contribution in [3.8, 4) is 0 Å². The van der Waals surface area contributed by atoms with E-state index in [0.717, 1.165) is 13.0 Å². The summed E-state index contributed by atoms with van der Waals surface area (Å²) in [6.45, 7) is 10.4. The molecule has 0 bridgehead atoms. The van der Waals surface area contributed by atoms with Crippen LogP contribution < -0.4 is 0 Å². The van der Waals surface area contributed by atoms with Gasteiger partial charge in [0.2, 0.25) is 0 Å². The van der Waals surface area contributed by atoms with Gasteiger partial charge in [-0.15, -0.1) is 16.3 Å². The van der Waals surface area contributed by atoms with E-state index in [9.17, 15) is 0 Å². The molecular formula is C19H37Cl3N2. The minimum absolute atomic E-state index is 0. The van der Waals surface area contributed by atoms with Gasteiger partial charge in [0.25, 0.3) is 0 Å². The van der Waals surface area contributed by atoms with E-state index in [1.54, 1.807) is 0 Å². The van der Waals surface area contributed by atoms with E-state index in [0.29, 0.717) is 11.1 Å². The lowest BCUT2D eigenvalue weighted by atomic mass is 9.74. The number of hydrogen-bond donors (Lipinski definition) is 0. The summed E-state index contributed by atoms with van der Waals surface area (Å²) in [4.78, 5) is 2.87. The van der Waals surface area contributed by atoms with Crippen LogP contribution in [0.5, 0.6) is 0 Å². The molecule has 0 aromatic rings. The van der Waals surface area contributed by atoms with Crippen molar-refractivity contribution >= 4 is 36.0 Å². The van der Waals surface area contributed by atoms with Gasteiger partial charge in [-0.25, -0.2) is 0 Å². The van der Waals surface area contributed by atoms with E-state index in [1.807, 2.05) is 0 Å². The first-order valence-electron chi connectivity index (χ1n) is 9.59. The number of halogens is 3. The average molecular weight is 400 g/mol. The third-order valence-electron chi connectivity index (χ3n) is 6.57. The molecule has 0 aromatic heterocycles. The summed E-state index contributed by atoms with van der Waals surface area (Å²) in [6, 6.07) is 0. The van der Waals surface area contributed by atoms with Crippen LogP contribution in [-0.4, -0.2) is 32.0 Å². The van der Waals surface area contributed by atoms with Crippen LogP contribution >= 0.6 is 36.0 Å². The Balaban J connectivity index is 0.00000288. The predicted molar refractivity (Wildman–Crippen MR) is 109 cm³/mol. The molecule has 0 saturated heterocycles. The quantitative estimate of drug-likeness (QED) is 0.446. The van der Waals surface area contributed by atoms with Gasteiger partial charge in [-0.05, 0) is 83.4 Å². The molecule has 0 spiro atoms. The van der Waals surface area contributed by atoms with Crippen molar-refractivity contribution in [2.75, 3.05) is 6.54 Å². The van der Waals surface area contributed by atoms with Crippen molar-refractivity contribution < 1.29 is 0 Å². The summed E-state index contributed by atoms with van der Waals surface area (Å²) in [5, 5.41) is 0. The molecule has 2 aliphatic carbocycles. The molecule has 144 valence electrons. The zero-order chi connectivity index (χ0) is 17.1. The average Bonchev–Trinajstić information content (AvgIpc) is 2.48. The molecule has 2 aliphatic rings. The minimum atomic E-state index is -0.183. The lowest BCUT2D eigenvalue weighted by Crippen LogP contribution is -2.60. The van der Waals surface area contributed by atoms with Gasteiger partial charge in [0.05, 0.1) is 0 Å². The van der Waals surface area contributed by atoms with E-state index in [4.69, 9.17) is 23.6 Å². The van der Waals surface area contributed by atoms with Crippen molar-refractivity contribution in [3.63, 3.8) is 0 Å². The summed E-state index contributed by atoms with van der Waals surface area (Å²) in [7, 11) is 0. The number of hydrogen-bond acceptors (Lipinski definition) is 2. The highest BCUT2D eigenvalue weighted by Gasteiger charge is 2.44. The molecule has 5 heteroatoms. The molecule has 2 rings (SSSR count). The second-order valence-corrected chi connectivity index (χ2v) is 9.91. The van der Waals surface area contributed by atoms with Gasteiger partial charge in [0.15, 0.2) is 0 Å². The minimum Gasteiger partial charge on any atom is -0.292 e. The highest BCUT2D eigenvalue weighted by molar-refractivity contribution is 6.34. The lowest BCUT2D eigenvalue weighted by molar-refractivity contribution is -0.0486. The van der Waals surface area contributed by atoms with Crippen LogP contribution in [-0.2, 0) is 0 Å². The second-order valence-electron chi connectivity index (χ2n) is 9.06. The molecule has 0 amide bonds. The van der Waals surface area contributed by atoms with E-state index < -0.39 is 0 Å². The zero-order valence-corrected chi connectivity index (χ0v) is 18.4. The Morgan fingerprint density at radius 3 is 1.50 bits per heavy atom. The SMILES string of the molecule is CC(C)(CCN(C1(C)CCCCC1)C1(C)CCCCC1)N(Cl)Cl.Cl. The first-order valence-corrected chi connectivity index (χ1v) is 10.3. The monoisotopic (exact) mass is 398 g/mol. The Kier molecular flexibility index (Phi) is 8.68. The summed E-state index contributed by atoms with van der Waals surface area (Å²) in [5.74, 6) is 0. The first-order chi connectivity index (χ1) is 10.7. The standard InChI is InChI=1S/C19H36Cl2N2.ClH/c1-17(2,23(20)21)15-16-22(18(3)11-7-5-8-12-18)19(4)13-9-6-10-14-19;/h5-16H2,1-4H3;1H. The lowest BCUT2D eigenvalue weighted by Gasteiger charge is -2.55. The zero-order valence-electron chi connectivity index (χ0n) is 16.0. The third-order valence-corrected chi connectivity index (χ3v) is 7.48. The van der Waals surface area contributed by atoms with Crippen LogP contribution in [0.1, 0.15) is 98.3 Å². The largest absolute Gasteiger partial charge is 0.292 e. The molecule has 0 atom stereocenters. The van der Waals surface area contributed by atoms with Gasteiger partial charge in [-0.2, -0.15) is 0 Å². The van der Waals surface area contributed by atoms with Crippen molar-refractivity contribution in [1.82, 2.24) is 8.84 Å². The van der Waals surface area contributed by atoms with Crippen LogP contribution in [0.15, 0.2) is 0 Å². The summed E-state index contributed by atoms with van der Waals surface area (Å²) >= 11 is 12.1. The summed E-state index contributed by atoms with van der Waals surface area (Å²) in [6.07, 6.45) is 14.7. The van der Waals surface area contributed by atoms with E-state index >= 15 is 0 Å². The Morgan fingerprint density at radius 1 is 0.792 bits per heavy atom. The Bertz CT molecular complexity index is 349. The van der Waals surface area contributed by atoms with Crippen molar-refractivity contribution in [3.05, 3.63) is 0 Å². The van der Waals surface area contributed by atoms with Gasteiger partial charge in [0.1, 0.15) is 0 Å². The van der Waals surface area contributed by atoms with Gasteiger partial charge in [-0.1, -0.05) is 38.5 Å². The molecule has 24 heavy (non-hydrogen) atoms. The molecule has 0 unspecified atom stereocenters. The molecule has 2 saturated carbocycles. The molecular weight excluding hydrogens is 363 g/mol. The number of nitrogens with zero attached hydrogens (tertiary/aromatic N) is 2. The maximum atomic E-state index is 6.07. The fraction of sp³-hybridized carbons (Fsp3) is 1.00. The van der Waals surface area contributed by atoms with Gasteiger partial charge >= 0.3 is 0 Å². The smallest absolute Gasteiger partial charge is 0.0482 e. The van der Waals surface area contributed by atoms with Gasteiger partial charge in [-0.3, -0.25) is 4.90 Å². The summed E-state index contributed by atoms with van der Waals surface area (Å²) < 4.78 is 1.34. The van der Waals surface area contributed by atoms with E-state index in [-0.39, 0.29) is 17.9 Å². The van der Waals surface area contributed by atoms with Crippen molar-refractivity contribution in [2.45, 2.75) is 115 Å². The second kappa shape index (κ2) is 9.13. The fourth-order valence-electron chi connectivity index (χ4n) is 4.83.